The van der Waals surface area contributed by atoms with Crippen LogP contribution in [0.5, 0.6) is 5.75 Å². The van der Waals surface area contributed by atoms with Crippen molar-refractivity contribution in [2.75, 3.05) is 13.1 Å². The minimum Gasteiger partial charge on any atom is -0.462 e. The summed E-state index contributed by atoms with van der Waals surface area (Å²) < 4.78 is 68.2. The summed E-state index contributed by atoms with van der Waals surface area (Å²) >= 11 is 0. The average Bonchev–Trinajstić information content (AvgIpc) is 2.55. The van der Waals surface area contributed by atoms with Crippen molar-refractivity contribution in [2.24, 2.45) is 0 Å². The summed E-state index contributed by atoms with van der Waals surface area (Å²) in [4.78, 5) is 9.60. The lowest BCUT2D eigenvalue weighted by atomic mass is 9.86. The van der Waals surface area contributed by atoms with Gasteiger partial charge in [-0.3, -0.25) is 4.79 Å². The third-order valence-corrected chi connectivity index (χ3v) is 4.88. The highest BCUT2D eigenvalue weighted by Gasteiger charge is 2.49. The number of rotatable bonds is 5. The van der Waals surface area contributed by atoms with Gasteiger partial charge < -0.3 is 19.3 Å². The van der Waals surface area contributed by atoms with Crippen molar-refractivity contribution in [3.8, 4) is 5.75 Å². The first-order chi connectivity index (χ1) is 13.2. The van der Waals surface area contributed by atoms with Gasteiger partial charge in [-0.15, -0.1) is 0 Å². The summed E-state index contributed by atoms with van der Waals surface area (Å²) in [7, 11) is -5.73. The second kappa shape index (κ2) is 9.77. The van der Waals surface area contributed by atoms with Crippen LogP contribution >= 0.6 is 0 Å². The van der Waals surface area contributed by atoms with Crippen LogP contribution in [-0.2, 0) is 26.1 Å². The highest BCUT2D eigenvalue weighted by molar-refractivity contribution is 7.88. The molecular weight excluding hydrogens is 415 g/mol. The topological polar surface area (TPSA) is 102 Å². The number of aliphatic hydroxyl groups is 1. The molecule has 2 rings (SSSR count). The third kappa shape index (κ3) is 8.58. The Bertz CT molecular complexity index is 769. The predicted octanol–water partition coefficient (Wildman–Crippen LogP) is 2.53. The van der Waals surface area contributed by atoms with Crippen molar-refractivity contribution >= 4 is 16.6 Å². The van der Waals surface area contributed by atoms with Gasteiger partial charge in [0.2, 0.25) is 0 Å². The second-order valence-corrected chi connectivity index (χ2v) is 9.11. The first-order valence-corrected chi connectivity index (χ1v) is 10.2. The molecule has 0 amide bonds. The number of halogens is 3. The molecule has 166 valence electrons. The van der Waals surface area contributed by atoms with Crippen LogP contribution in [0.1, 0.15) is 39.2 Å². The summed E-state index contributed by atoms with van der Waals surface area (Å²) in [6, 6.07) is 5.51. The van der Waals surface area contributed by atoms with Crippen LogP contribution in [0.15, 0.2) is 24.3 Å². The van der Waals surface area contributed by atoms with E-state index in [1.165, 1.54) is 12.1 Å². The highest BCUT2D eigenvalue weighted by Crippen LogP contribution is 2.32. The van der Waals surface area contributed by atoms with Crippen LogP contribution in [0.25, 0.3) is 0 Å². The Morgan fingerprint density at radius 2 is 1.72 bits per heavy atom. The van der Waals surface area contributed by atoms with Gasteiger partial charge in [0.25, 0.3) is 6.47 Å². The van der Waals surface area contributed by atoms with Gasteiger partial charge in [-0.2, -0.15) is 21.6 Å². The quantitative estimate of drug-likeness (QED) is 0.411. The Morgan fingerprint density at radius 1 is 1.17 bits per heavy atom. The number of ether oxygens (including phenoxy) is 1. The van der Waals surface area contributed by atoms with Crippen molar-refractivity contribution in [3.63, 3.8) is 0 Å². The van der Waals surface area contributed by atoms with Gasteiger partial charge in [0.05, 0.1) is 5.60 Å². The smallest absolute Gasteiger partial charge is 0.462 e. The lowest BCUT2D eigenvalue weighted by molar-refractivity contribution is -0.138. The zero-order valence-electron chi connectivity index (χ0n) is 16.5. The van der Waals surface area contributed by atoms with E-state index < -0.39 is 27.0 Å². The molecule has 2 N–H and O–H groups in total. The van der Waals surface area contributed by atoms with Gasteiger partial charge in [-0.1, -0.05) is 18.2 Å². The van der Waals surface area contributed by atoms with Crippen molar-refractivity contribution in [1.29, 1.82) is 0 Å². The largest absolute Gasteiger partial charge is 0.534 e. The van der Waals surface area contributed by atoms with Gasteiger partial charge in [0, 0.05) is 6.42 Å². The minimum atomic E-state index is -5.73. The lowest BCUT2D eigenvalue weighted by Crippen LogP contribution is -2.43. The van der Waals surface area contributed by atoms with E-state index in [9.17, 15) is 31.5 Å². The summed E-state index contributed by atoms with van der Waals surface area (Å²) in [5, 5.41) is 13.5. The molecule has 0 aromatic heterocycles. The number of hydrogen-bond acceptors (Lipinski definition) is 7. The molecule has 11 heteroatoms. The van der Waals surface area contributed by atoms with Crippen LogP contribution in [0, 0.1) is 0 Å². The Balaban J connectivity index is 0.000000516. The van der Waals surface area contributed by atoms with Gasteiger partial charge in [-0.25, -0.2) is 0 Å². The van der Waals surface area contributed by atoms with E-state index >= 15 is 0 Å². The number of para-hydroxylation sites is 1. The monoisotopic (exact) mass is 441 g/mol. The van der Waals surface area contributed by atoms with E-state index in [0.29, 0.717) is 32.4 Å². The molecule has 29 heavy (non-hydrogen) atoms. The van der Waals surface area contributed by atoms with Crippen LogP contribution in [0.4, 0.5) is 13.2 Å². The van der Waals surface area contributed by atoms with Crippen LogP contribution < -0.4 is 9.50 Å². The third-order valence-electron chi connectivity index (χ3n) is 3.91. The molecule has 0 atom stereocenters. The van der Waals surface area contributed by atoms with Crippen molar-refractivity contribution < 1.29 is 40.4 Å². The summed E-state index contributed by atoms with van der Waals surface area (Å²) in [5.74, 6) is -0.410. The molecule has 0 saturated carbocycles. The maximum absolute atomic E-state index is 12.4. The fraction of sp³-hybridized carbons (Fsp3) is 0.611. The van der Waals surface area contributed by atoms with E-state index in [-0.39, 0.29) is 17.6 Å². The van der Waals surface area contributed by atoms with E-state index in [2.05, 4.69) is 14.2 Å². The number of alkyl halides is 3. The van der Waals surface area contributed by atoms with Gasteiger partial charge in [0.15, 0.2) is 0 Å². The number of hydrogen-bond donors (Lipinski definition) is 2. The van der Waals surface area contributed by atoms with Gasteiger partial charge >= 0.3 is 15.6 Å². The normalized spacial score (nSPS) is 16.9. The molecule has 1 aliphatic heterocycles. The molecular formula is C18H26F3NO6S. The van der Waals surface area contributed by atoms with Crippen LogP contribution in [0.3, 0.4) is 0 Å². The molecule has 7 nitrogen and oxygen atoms in total. The van der Waals surface area contributed by atoms with Crippen molar-refractivity contribution in [2.45, 2.75) is 56.7 Å². The molecule has 0 spiro atoms. The van der Waals surface area contributed by atoms with Crippen molar-refractivity contribution in [1.82, 2.24) is 5.32 Å². The molecule has 1 aromatic carbocycles. The molecule has 1 aromatic rings. The molecule has 1 aliphatic rings. The van der Waals surface area contributed by atoms with Gasteiger partial charge in [0.1, 0.15) is 11.4 Å². The maximum Gasteiger partial charge on any atom is 0.534 e. The molecule has 1 fully saturated rings. The fourth-order valence-corrected chi connectivity index (χ4v) is 2.96. The van der Waals surface area contributed by atoms with E-state index in [4.69, 9.17) is 0 Å². The Labute approximate surface area is 168 Å². The highest BCUT2D eigenvalue weighted by atomic mass is 32.2. The number of piperidine rings is 1. The number of nitrogens with one attached hydrogen (secondary N) is 1. The fourth-order valence-electron chi connectivity index (χ4n) is 2.46. The Morgan fingerprint density at radius 3 is 2.17 bits per heavy atom. The molecule has 0 unspecified atom stereocenters. The first kappa shape index (κ1) is 25.2. The van der Waals surface area contributed by atoms with Gasteiger partial charge in [-0.05, 0) is 58.3 Å². The molecule has 0 radical (unpaired) electrons. The summed E-state index contributed by atoms with van der Waals surface area (Å²) in [5.41, 5.74) is -6.68. The zero-order chi connectivity index (χ0) is 22.3. The zero-order valence-corrected chi connectivity index (χ0v) is 17.3. The first-order valence-electron chi connectivity index (χ1n) is 8.82. The van der Waals surface area contributed by atoms with E-state index in [1.54, 1.807) is 6.07 Å². The molecule has 1 saturated heterocycles. The molecule has 1 heterocycles. The standard InChI is InChI=1S/C13H16F3NO4S.C5H10O2/c14-13(15,16)22(19,20)21-11-4-2-1-3-10(11)9-12(18)5-7-17-8-6-12;1-5(2,3)7-4-6/h1-4,17-18H,5-9H2;4H,1-3H3. The Kier molecular flexibility index (Phi) is 8.48. The molecule has 0 bridgehead atoms. The lowest BCUT2D eigenvalue weighted by Gasteiger charge is -2.33. The number of carbonyl (C=O) groups excluding carboxylic acids is 1. The van der Waals surface area contributed by atoms with E-state index in [0.717, 1.165) is 6.07 Å². The summed E-state index contributed by atoms with van der Waals surface area (Å²) in [6.07, 6.45) is 0.874. The maximum atomic E-state index is 12.4. The average molecular weight is 441 g/mol. The Hall–Kier alpha value is -1.85. The van der Waals surface area contributed by atoms with Crippen LogP contribution in [-0.4, -0.2) is 49.8 Å². The second-order valence-electron chi connectivity index (χ2n) is 7.57. The van der Waals surface area contributed by atoms with Crippen LogP contribution in [0.2, 0.25) is 0 Å². The molecule has 0 aliphatic carbocycles. The summed E-state index contributed by atoms with van der Waals surface area (Å²) in [6.45, 7) is 7.09. The number of benzene rings is 1. The number of carbonyl (C=O) groups is 1. The minimum absolute atomic E-state index is 0.0260. The van der Waals surface area contributed by atoms with Crippen molar-refractivity contribution in [3.05, 3.63) is 29.8 Å². The SMILES string of the molecule is CC(C)(C)OC=O.O=S(=O)(Oc1ccccc1CC1(O)CCNCC1)C(F)(F)F. The predicted molar refractivity (Wildman–Crippen MR) is 99.7 cm³/mol. The van der Waals surface area contributed by atoms with E-state index in [1.807, 2.05) is 20.8 Å².